The molecule has 0 radical (unpaired) electrons. The molecule has 0 atom stereocenters. The van der Waals surface area contributed by atoms with Gasteiger partial charge < -0.3 is 5.32 Å². The maximum Gasteiger partial charge on any atom is 0.265 e. The molecule has 1 amide bonds. The molecule has 1 aromatic rings. The molecule has 0 aromatic carbocycles. The average Bonchev–Trinajstić information content (AvgIpc) is 2.61. The number of carbonyl (C=O) groups is 1. The molecule has 0 fully saturated rings. The number of aromatic nitrogens is 2. The summed E-state index contributed by atoms with van der Waals surface area (Å²) in [6, 6.07) is 0. The number of rotatable bonds is 3. The molecule has 1 heterocycles. The van der Waals surface area contributed by atoms with Crippen LogP contribution < -0.4 is 5.32 Å². The Morgan fingerprint density at radius 2 is 2.12 bits per heavy atom. The molecule has 1 aromatic heterocycles. The lowest BCUT2D eigenvalue weighted by molar-refractivity contribution is 0.0958. The van der Waals surface area contributed by atoms with E-state index in [-0.39, 0.29) is 11.3 Å². The highest BCUT2D eigenvalue weighted by molar-refractivity contribution is 7.08. The van der Waals surface area contributed by atoms with Gasteiger partial charge in [-0.1, -0.05) is 37.4 Å². The van der Waals surface area contributed by atoms with E-state index in [1.54, 1.807) is 0 Å². The van der Waals surface area contributed by atoms with E-state index in [2.05, 4.69) is 21.5 Å². The molecule has 1 N–H and O–H groups in total. The molecule has 4 nitrogen and oxygen atoms in total. The molecule has 0 saturated heterocycles. The highest BCUT2D eigenvalue weighted by Crippen LogP contribution is 2.25. The van der Waals surface area contributed by atoms with Crippen molar-refractivity contribution in [1.82, 2.24) is 14.9 Å². The van der Waals surface area contributed by atoms with E-state index in [1.807, 2.05) is 27.7 Å². The Kier molecular flexibility index (Phi) is 3.80. The second kappa shape index (κ2) is 4.74. The zero-order valence-corrected chi connectivity index (χ0v) is 10.9. The first-order chi connectivity index (χ1) is 7.32. The molecule has 0 bridgehead atoms. The fraction of sp³-hybridized carbons (Fsp3) is 0.545. The van der Waals surface area contributed by atoms with Crippen LogP contribution >= 0.6 is 11.5 Å². The second-order valence-electron chi connectivity index (χ2n) is 4.84. The largest absolute Gasteiger partial charge is 0.348 e. The summed E-state index contributed by atoms with van der Waals surface area (Å²) in [4.78, 5) is 12.4. The Morgan fingerprint density at radius 3 is 2.62 bits per heavy atom. The maximum atomic E-state index is 11.9. The lowest BCUT2D eigenvalue weighted by atomic mass is 9.91. The SMILES string of the molecule is C=C(C)CNC(=O)c1snnc1C(C)(C)C. The van der Waals surface area contributed by atoms with E-state index in [0.717, 1.165) is 22.8 Å². The maximum absolute atomic E-state index is 11.9. The molecule has 5 heteroatoms. The molecular formula is C11H17N3OS. The predicted molar refractivity (Wildman–Crippen MR) is 65.8 cm³/mol. The van der Waals surface area contributed by atoms with Crippen molar-refractivity contribution in [3.8, 4) is 0 Å². The Labute approximate surface area is 99.9 Å². The Balaban J connectivity index is 2.84. The van der Waals surface area contributed by atoms with Gasteiger partial charge in [0.25, 0.3) is 5.91 Å². The van der Waals surface area contributed by atoms with E-state index in [9.17, 15) is 4.79 Å². The monoisotopic (exact) mass is 239 g/mol. The van der Waals surface area contributed by atoms with Crippen molar-refractivity contribution in [2.75, 3.05) is 6.54 Å². The third kappa shape index (κ3) is 3.13. The minimum Gasteiger partial charge on any atom is -0.348 e. The van der Waals surface area contributed by atoms with Gasteiger partial charge >= 0.3 is 0 Å². The summed E-state index contributed by atoms with van der Waals surface area (Å²) in [6.45, 7) is 12.1. The van der Waals surface area contributed by atoms with Crippen LogP contribution in [0, 0.1) is 0 Å². The van der Waals surface area contributed by atoms with Crippen molar-refractivity contribution in [2.24, 2.45) is 0 Å². The van der Waals surface area contributed by atoms with Crippen LogP contribution in [-0.4, -0.2) is 22.0 Å². The van der Waals surface area contributed by atoms with Crippen LogP contribution in [0.15, 0.2) is 12.2 Å². The smallest absolute Gasteiger partial charge is 0.265 e. The number of hydrogen-bond acceptors (Lipinski definition) is 4. The zero-order chi connectivity index (χ0) is 12.3. The van der Waals surface area contributed by atoms with Crippen LogP contribution in [0.3, 0.4) is 0 Å². The highest BCUT2D eigenvalue weighted by atomic mass is 32.1. The topological polar surface area (TPSA) is 54.9 Å². The number of nitrogens with zero attached hydrogens (tertiary/aromatic N) is 2. The van der Waals surface area contributed by atoms with Gasteiger partial charge in [-0.15, -0.1) is 5.10 Å². The van der Waals surface area contributed by atoms with Crippen LogP contribution in [0.2, 0.25) is 0 Å². The summed E-state index contributed by atoms with van der Waals surface area (Å²) in [5.74, 6) is -0.122. The van der Waals surface area contributed by atoms with Crippen molar-refractivity contribution >= 4 is 17.4 Å². The summed E-state index contributed by atoms with van der Waals surface area (Å²) < 4.78 is 3.85. The second-order valence-corrected chi connectivity index (χ2v) is 5.59. The summed E-state index contributed by atoms with van der Waals surface area (Å²) >= 11 is 1.13. The third-order valence-corrected chi connectivity index (χ3v) is 2.68. The summed E-state index contributed by atoms with van der Waals surface area (Å²) in [6.07, 6.45) is 0. The summed E-state index contributed by atoms with van der Waals surface area (Å²) in [7, 11) is 0. The van der Waals surface area contributed by atoms with E-state index in [0.29, 0.717) is 11.4 Å². The minimum absolute atomic E-state index is 0.122. The number of nitrogens with one attached hydrogen (secondary N) is 1. The molecule has 0 aliphatic heterocycles. The highest BCUT2D eigenvalue weighted by Gasteiger charge is 2.25. The van der Waals surface area contributed by atoms with Crippen LogP contribution in [0.1, 0.15) is 43.1 Å². The van der Waals surface area contributed by atoms with Crippen LogP contribution in [0.25, 0.3) is 0 Å². The molecule has 0 aliphatic rings. The molecule has 88 valence electrons. The molecule has 0 spiro atoms. The first-order valence-electron chi connectivity index (χ1n) is 5.08. The standard InChI is InChI=1S/C11H17N3OS/c1-7(2)6-12-10(15)8-9(11(3,4)5)13-14-16-8/h1,6H2,2-5H3,(H,12,15). The molecule has 0 unspecified atom stereocenters. The Hall–Kier alpha value is -1.23. The molecular weight excluding hydrogens is 222 g/mol. The third-order valence-electron chi connectivity index (χ3n) is 1.96. The minimum atomic E-state index is -0.164. The van der Waals surface area contributed by atoms with Crippen molar-refractivity contribution in [1.29, 1.82) is 0 Å². The average molecular weight is 239 g/mol. The van der Waals surface area contributed by atoms with E-state index in [4.69, 9.17) is 0 Å². The van der Waals surface area contributed by atoms with Gasteiger partial charge in [-0.3, -0.25) is 4.79 Å². The van der Waals surface area contributed by atoms with Gasteiger partial charge in [-0.2, -0.15) is 0 Å². The van der Waals surface area contributed by atoms with E-state index in [1.165, 1.54) is 0 Å². The quantitative estimate of drug-likeness (QED) is 0.822. The van der Waals surface area contributed by atoms with Crippen molar-refractivity contribution in [3.63, 3.8) is 0 Å². The predicted octanol–water partition coefficient (Wildman–Crippen LogP) is 2.14. The first-order valence-corrected chi connectivity index (χ1v) is 5.85. The first kappa shape index (κ1) is 12.8. The van der Waals surface area contributed by atoms with Crippen LogP contribution in [0.5, 0.6) is 0 Å². The van der Waals surface area contributed by atoms with Gasteiger partial charge in [-0.05, 0) is 18.5 Å². The Morgan fingerprint density at radius 1 is 1.50 bits per heavy atom. The molecule has 0 aliphatic carbocycles. The van der Waals surface area contributed by atoms with Gasteiger partial charge in [-0.25, -0.2) is 0 Å². The van der Waals surface area contributed by atoms with Gasteiger partial charge in [0.1, 0.15) is 4.88 Å². The fourth-order valence-corrected chi connectivity index (χ4v) is 1.93. The summed E-state index contributed by atoms with van der Waals surface area (Å²) in [5, 5.41) is 6.81. The fourth-order valence-electron chi connectivity index (χ4n) is 1.14. The molecule has 1 rings (SSSR count). The Bertz CT molecular complexity index is 404. The van der Waals surface area contributed by atoms with Crippen molar-refractivity contribution in [3.05, 3.63) is 22.7 Å². The molecule has 16 heavy (non-hydrogen) atoms. The number of amides is 1. The van der Waals surface area contributed by atoms with Crippen LogP contribution in [-0.2, 0) is 5.41 Å². The van der Waals surface area contributed by atoms with Crippen LogP contribution in [0.4, 0.5) is 0 Å². The van der Waals surface area contributed by atoms with Crippen molar-refractivity contribution in [2.45, 2.75) is 33.1 Å². The van der Waals surface area contributed by atoms with Gasteiger partial charge in [0.05, 0.1) is 5.69 Å². The molecule has 0 saturated carbocycles. The normalized spacial score (nSPS) is 11.2. The van der Waals surface area contributed by atoms with Gasteiger partial charge in [0.15, 0.2) is 0 Å². The lowest BCUT2D eigenvalue weighted by Gasteiger charge is -2.16. The number of carbonyl (C=O) groups excluding carboxylic acids is 1. The van der Waals surface area contributed by atoms with Gasteiger partial charge in [0, 0.05) is 12.0 Å². The number of hydrogen-bond donors (Lipinski definition) is 1. The van der Waals surface area contributed by atoms with E-state index < -0.39 is 0 Å². The van der Waals surface area contributed by atoms with Gasteiger partial charge in [0.2, 0.25) is 0 Å². The van der Waals surface area contributed by atoms with Crippen molar-refractivity contribution < 1.29 is 4.79 Å². The zero-order valence-electron chi connectivity index (χ0n) is 10.1. The lowest BCUT2D eigenvalue weighted by Crippen LogP contribution is -2.27. The van der Waals surface area contributed by atoms with E-state index >= 15 is 0 Å². The summed E-state index contributed by atoms with van der Waals surface area (Å²) in [5.41, 5.74) is 1.50.